The average Bonchev–Trinajstić information content (AvgIpc) is 3.60. The van der Waals surface area contributed by atoms with Crippen LogP contribution in [0.15, 0.2) is 71.0 Å². The zero-order valence-corrected chi connectivity index (χ0v) is 32.0. The van der Waals surface area contributed by atoms with Gasteiger partial charge in [-0.1, -0.05) is 35.4 Å². The Morgan fingerprint density at radius 2 is 1.31 bits per heavy atom. The second-order valence-corrected chi connectivity index (χ2v) is 17.6. The normalized spacial score (nSPS) is 19.6. The van der Waals surface area contributed by atoms with E-state index in [1.807, 2.05) is 20.1 Å². The number of aromatic nitrogens is 4. The number of hydrogen-bond donors (Lipinski definition) is 9. The molecule has 1 saturated heterocycles. The molecule has 4 aromatic rings. The molecule has 6 atom stereocenters. The fourth-order valence-electron chi connectivity index (χ4n) is 4.39. The first-order chi connectivity index (χ1) is 24.8. The average molecular weight is 842 g/mol. The molecule has 0 bridgehead atoms. The lowest BCUT2D eigenvalue weighted by molar-refractivity contribution is -0.138. The van der Waals surface area contributed by atoms with Crippen LogP contribution in [0.1, 0.15) is 23.8 Å². The van der Waals surface area contributed by atoms with E-state index >= 15 is 0 Å². The van der Waals surface area contributed by atoms with Gasteiger partial charge in [0, 0.05) is 6.42 Å². The van der Waals surface area contributed by atoms with Crippen LogP contribution in [0.4, 0.5) is 5.82 Å². The molecular formula is C29H41N6O15S4+. The van der Waals surface area contributed by atoms with Crippen LogP contribution in [0.2, 0.25) is 0 Å². The SMILES string of the molecule is C[S+](CC[C@H](N)C(=O)O)C[C@H]1O[C@@H](n2cnc3c(N)ncnc32)[C@H](O)[C@@H]1O.Cc1ccc(S(=O)(=O)O)cc1.Cc1ccc(S(=O)(=O)O)cc1.O=S(=O)(O)O. The topological polar surface area (TPSA) is 366 Å². The molecule has 54 heavy (non-hydrogen) atoms. The van der Waals surface area contributed by atoms with Crippen LogP contribution < -0.4 is 11.5 Å². The van der Waals surface area contributed by atoms with Crippen molar-refractivity contribution in [3.63, 3.8) is 0 Å². The highest BCUT2D eigenvalue weighted by atomic mass is 32.3. The highest BCUT2D eigenvalue weighted by Crippen LogP contribution is 2.32. The van der Waals surface area contributed by atoms with Crippen LogP contribution in [0, 0.1) is 13.8 Å². The van der Waals surface area contributed by atoms with Crippen molar-refractivity contribution in [3.8, 4) is 0 Å². The van der Waals surface area contributed by atoms with Crippen molar-refractivity contribution in [3.05, 3.63) is 72.3 Å². The maximum Gasteiger partial charge on any atom is 0.394 e. The summed E-state index contributed by atoms with van der Waals surface area (Å²) in [5.41, 5.74) is 14.0. The van der Waals surface area contributed by atoms with E-state index in [0.717, 1.165) is 11.1 Å². The number of carbonyl (C=O) groups is 1. The molecule has 2 aromatic carbocycles. The van der Waals surface area contributed by atoms with Crippen molar-refractivity contribution >= 4 is 64.5 Å². The van der Waals surface area contributed by atoms with Crippen molar-refractivity contribution in [1.82, 2.24) is 19.5 Å². The minimum absolute atomic E-state index is 0.0666. The number of aryl methyl sites for hydroxylation is 2. The van der Waals surface area contributed by atoms with E-state index in [2.05, 4.69) is 15.0 Å². The Kier molecular flexibility index (Phi) is 16.8. The lowest BCUT2D eigenvalue weighted by atomic mass is 10.1. The van der Waals surface area contributed by atoms with Crippen molar-refractivity contribution in [2.75, 3.05) is 23.5 Å². The van der Waals surface area contributed by atoms with E-state index in [-0.39, 0.29) is 26.5 Å². The zero-order chi connectivity index (χ0) is 41.2. The third kappa shape index (κ3) is 15.1. The first-order valence-electron chi connectivity index (χ1n) is 15.1. The number of aliphatic carboxylic acids is 1. The standard InChI is InChI=1S/C15H22N6O5S.2C7H8O3S.H2O4S/c1-27(3-2-7(16)15(24)25)4-8-10(22)11(23)14(26-8)21-6-20-9-12(17)18-5-19-13(9)21;2*1-6-2-4-7(5-3-6)11(8,9)10;1-5(2,3)4/h5-8,10-11,14,22-23H,2-4,16H2,1H3,(H2-,17,18,19,24,25);2*2-5H,1H3,(H,8,9,10);(H2,1,2,3,4)/p+1/t7-,8+,10+,11+,14+,27?;;;/m0.../s1. The minimum Gasteiger partial charge on any atom is -0.480 e. The van der Waals surface area contributed by atoms with Crippen LogP contribution in [-0.2, 0) is 51.1 Å². The smallest absolute Gasteiger partial charge is 0.394 e. The number of imidazole rings is 1. The number of benzene rings is 2. The number of nitrogen functional groups attached to an aromatic ring is 1. The molecule has 300 valence electrons. The molecule has 0 saturated carbocycles. The van der Waals surface area contributed by atoms with Gasteiger partial charge in [-0.05, 0) is 49.0 Å². The van der Waals surface area contributed by atoms with Gasteiger partial charge in [0.25, 0.3) is 20.2 Å². The lowest BCUT2D eigenvalue weighted by Gasteiger charge is -2.16. The van der Waals surface area contributed by atoms with Crippen LogP contribution >= 0.6 is 0 Å². The summed E-state index contributed by atoms with van der Waals surface area (Å²) in [4.78, 5) is 22.8. The molecule has 2 aromatic heterocycles. The summed E-state index contributed by atoms with van der Waals surface area (Å²) in [6, 6.07) is 11.1. The van der Waals surface area contributed by atoms with Crippen LogP contribution in [-0.4, -0.2) is 126 Å². The third-order valence-electron chi connectivity index (χ3n) is 7.18. The minimum atomic E-state index is -4.67. The van der Waals surface area contributed by atoms with Gasteiger partial charge < -0.3 is 31.5 Å². The molecule has 0 radical (unpaired) electrons. The summed E-state index contributed by atoms with van der Waals surface area (Å²) in [7, 11) is -12.9. The first kappa shape index (κ1) is 46.3. The number of nitrogens with zero attached hydrogens (tertiary/aromatic N) is 4. The van der Waals surface area contributed by atoms with Gasteiger partial charge in [-0.2, -0.15) is 25.3 Å². The van der Waals surface area contributed by atoms with Crippen LogP contribution in [0.5, 0.6) is 0 Å². The summed E-state index contributed by atoms with van der Waals surface area (Å²) in [6.45, 7) is 3.68. The fraction of sp³-hybridized carbons (Fsp3) is 0.379. The second-order valence-electron chi connectivity index (χ2n) is 11.5. The Balaban J connectivity index is 0.000000306. The molecule has 11 N–H and O–H groups in total. The van der Waals surface area contributed by atoms with E-state index < -0.39 is 67.2 Å². The number of nitrogens with two attached hydrogens (primary N) is 2. The molecule has 3 heterocycles. The number of aliphatic hydroxyl groups excluding tert-OH is 2. The molecule has 5 rings (SSSR count). The number of carboxylic acids is 1. The van der Waals surface area contributed by atoms with Gasteiger partial charge in [0.2, 0.25) is 0 Å². The Bertz CT molecular complexity index is 2090. The molecule has 1 fully saturated rings. The monoisotopic (exact) mass is 841 g/mol. The van der Waals surface area contributed by atoms with Gasteiger partial charge in [-0.3, -0.25) is 27.6 Å². The van der Waals surface area contributed by atoms with E-state index in [4.69, 9.17) is 47.9 Å². The molecule has 21 nitrogen and oxygen atoms in total. The van der Waals surface area contributed by atoms with Gasteiger partial charge >= 0.3 is 16.4 Å². The number of ether oxygens (including phenoxy) is 1. The van der Waals surface area contributed by atoms with E-state index in [1.165, 1.54) is 41.5 Å². The van der Waals surface area contributed by atoms with Gasteiger partial charge in [0.1, 0.15) is 47.7 Å². The first-order valence-corrected chi connectivity index (χ1v) is 21.3. The third-order valence-corrected chi connectivity index (χ3v) is 10.7. The van der Waals surface area contributed by atoms with Gasteiger partial charge in [-0.15, -0.1) is 0 Å². The summed E-state index contributed by atoms with van der Waals surface area (Å²) >= 11 is 0. The quantitative estimate of drug-likeness (QED) is 0.0785. The Labute approximate surface area is 313 Å². The molecule has 1 aliphatic heterocycles. The number of fused-ring (bicyclic) bond motifs is 1. The number of anilines is 1. The summed E-state index contributed by atoms with van der Waals surface area (Å²) < 4.78 is 98.1. The van der Waals surface area contributed by atoms with Crippen LogP contribution in [0.25, 0.3) is 11.2 Å². The van der Waals surface area contributed by atoms with Crippen molar-refractivity contribution in [2.45, 2.75) is 60.6 Å². The predicted molar refractivity (Wildman–Crippen MR) is 195 cm³/mol. The van der Waals surface area contributed by atoms with E-state index in [1.54, 1.807) is 24.3 Å². The van der Waals surface area contributed by atoms with E-state index in [0.29, 0.717) is 29.1 Å². The van der Waals surface area contributed by atoms with Crippen molar-refractivity contribution in [2.24, 2.45) is 5.73 Å². The maximum absolute atomic E-state index is 10.8. The van der Waals surface area contributed by atoms with Crippen LogP contribution in [0.3, 0.4) is 0 Å². The number of rotatable bonds is 9. The summed E-state index contributed by atoms with van der Waals surface area (Å²) in [6.07, 6.45) is 1.31. The Morgan fingerprint density at radius 3 is 1.74 bits per heavy atom. The van der Waals surface area contributed by atoms with E-state index in [9.17, 15) is 31.8 Å². The van der Waals surface area contributed by atoms with Crippen molar-refractivity contribution in [1.29, 1.82) is 0 Å². The fourth-order valence-corrected chi connectivity index (χ4v) is 7.01. The lowest BCUT2D eigenvalue weighted by Crippen LogP contribution is -2.37. The predicted octanol–water partition coefficient (Wildman–Crippen LogP) is -0.0916. The number of hydrogen-bond acceptors (Lipinski definition) is 15. The highest BCUT2D eigenvalue weighted by molar-refractivity contribution is 7.96. The highest BCUT2D eigenvalue weighted by Gasteiger charge is 2.46. The molecule has 1 aliphatic rings. The second kappa shape index (κ2) is 19.6. The maximum atomic E-state index is 10.8. The van der Waals surface area contributed by atoms with Gasteiger partial charge in [0.05, 0.1) is 22.4 Å². The Morgan fingerprint density at radius 1 is 0.852 bits per heavy atom. The molecule has 1 unspecified atom stereocenters. The largest absolute Gasteiger partial charge is 0.480 e. The number of aliphatic hydroxyl groups is 2. The molecular weight excluding hydrogens is 801 g/mol. The molecule has 0 spiro atoms. The van der Waals surface area contributed by atoms with Crippen molar-refractivity contribution < 1.29 is 68.3 Å². The Hall–Kier alpha value is -3.86. The zero-order valence-electron chi connectivity index (χ0n) is 28.8. The van der Waals surface area contributed by atoms with Gasteiger partial charge in [-0.25, -0.2) is 15.0 Å². The molecule has 25 heteroatoms. The number of carboxylic acid groups (broad SMARTS) is 1. The summed E-state index contributed by atoms with van der Waals surface area (Å²) in [5, 5.41) is 29.7. The van der Waals surface area contributed by atoms with Gasteiger partial charge in [0.15, 0.2) is 17.7 Å². The molecule has 0 amide bonds. The molecule has 0 aliphatic carbocycles. The summed E-state index contributed by atoms with van der Waals surface area (Å²) in [5.74, 6) is 0.254.